The van der Waals surface area contributed by atoms with E-state index in [1.165, 1.54) is 0 Å². The Kier molecular flexibility index (Phi) is 9.19. The fourth-order valence-corrected chi connectivity index (χ4v) is 4.96. The summed E-state index contributed by atoms with van der Waals surface area (Å²) in [6, 6.07) is 0.798. The lowest BCUT2D eigenvalue weighted by Crippen LogP contribution is -2.47. The van der Waals surface area contributed by atoms with Gasteiger partial charge in [-0.1, -0.05) is 6.92 Å². The first-order chi connectivity index (χ1) is 20.1. The summed E-state index contributed by atoms with van der Waals surface area (Å²) in [5, 5.41) is 6.33. The van der Waals surface area contributed by atoms with Gasteiger partial charge in [0.05, 0.1) is 17.1 Å². The molecule has 3 heterocycles. The van der Waals surface area contributed by atoms with Crippen molar-refractivity contribution >= 4 is 28.2 Å². The minimum atomic E-state index is -5.29. The van der Waals surface area contributed by atoms with E-state index in [2.05, 4.69) is 25.3 Å². The van der Waals surface area contributed by atoms with Crippen molar-refractivity contribution in [2.24, 2.45) is 5.92 Å². The molecule has 0 bridgehead atoms. The minimum Gasteiger partial charge on any atom is -0.474 e. The van der Waals surface area contributed by atoms with E-state index >= 15 is 4.39 Å². The molecule has 3 atom stereocenters. The Bertz CT molecular complexity index is 1530. The molecule has 0 saturated carbocycles. The molecule has 4 N–H and O–H groups in total. The summed E-state index contributed by atoms with van der Waals surface area (Å²) < 4.78 is 86.9. The monoisotopic (exact) mass is 611 g/mol. The Balaban J connectivity index is 2.01. The molecule has 3 aromatic rings. The van der Waals surface area contributed by atoms with Gasteiger partial charge < -0.3 is 30.6 Å². The van der Waals surface area contributed by atoms with Crippen LogP contribution in [0.3, 0.4) is 0 Å². The number of carbonyl (C=O) groups is 1. The molecule has 43 heavy (non-hydrogen) atoms. The smallest absolute Gasteiger partial charge is 0.474 e. The number of nitrogen functional groups attached to an aromatic ring is 1. The molecule has 234 valence electrons. The summed E-state index contributed by atoms with van der Waals surface area (Å²) >= 11 is 0. The van der Waals surface area contributed by atoms with E-state index in [1.54, 1.807) is 34.6 Å². The van der Waals surface area contributed by atoms with Gasteiger partial charge >= 0.3 is 12.3 Å². The summed E-state index contributed by atoms with van der Waals surface area (Å²) in [6.45, 7) is 10.7. The van der Waals surface area contributed by atoms with Crippen LogP contribution in [-0.2, 0) is 9.53 Å². The zero-order valence-corrected chi connectivity index (χ0v) is 24.6. The SMILES string of the molecule is CCC1CNC(C(=O)OC(C)C)CNc2nc(C)c(C)c3c(F)c(-c4cc(N)cc(F)c4OC(F)(F)F)nc(c23)OC1C. The average Bonchev–Trinajstić information content (AvgIpc) is 2.91. The Morgan fingerprint density at radius 2 is 1.86 bits per heavy atom. The van der Waals surface area contributed by atoms with Crippen LogP contribution in [0, 0.1) is 31.4 Å². The van der Waals surface area contributed by atoms with Gasteiger partial charge in [0.1, 0.15) is 23.7 Å². The Labute approximate surface area is 245 Å². The summed E-state index contributed by atoms with van der Waals surface area (Å²) in [5.74, 6) is -4.50. The van der Waals surface area contributed by atoms with Gasteiger partial charge in [-0.15, -0.1) is 13.2 Å². The van der Waals surface area contributed by atoms with Gasteiger partial charge in [0.25, 0.3) is 0 Å². The second-order valence-electron chi connectivity index (χ2n) is 10.7. The van der Waals surface area contributed by atoms with Crippen molar-refractivity contribution in [1.29, 1.82) is 0 Å². The van der Waals surface area contributed by atoms with Crippen LogP contribution >= 0.6 is 0 Å². The fourth-order valence-electron chi connectivity index (χ4n) is 4.96. The van der Waals surface area contributed by atoms with Gasteiger partial charge in [0.15, 0.2) is 17.4 Å². The lowest BCUT2D eigenvalue weighted by molar-refractivity contribution is -0.275. The highest BCUT2D eigenvalue weighted by molar-refractivity contribution is 6.01. The minimum absolute atomic E-state index is 0.00772. The number of nitrogens with zero attached hydrogens (tertiary/aromatic N) is 2. The second-order valence-corrected chi connectivity index (χ2v) is 10.7. The van der Waals surface area contributed by atoms with Crippen molar-refractivity contribution in [3.05, 3.63) is 35.0 Å². The molecule has 1 aliphatic rings. The third-order valence-electron chi connectivity index (χ3n) is 7.30. The van der Waals surface area contributed by atoms with Crippen LogP contribution in [0.2, 0.25) is 0 Å². The molecule has 0 radical (unpaired) electrons. The third-order valence-corrected chi connectivity index (χ3v) is 7.30. The first kappa shape index (κ1) is 32.0. The van der Waals surface area contributed by atoms with Crippen LogP contribution in [0.1, 0.15) is 45.4 Å². The number of rotatable bonds is 5. The standard InChI is InChI=1S/C29H34F5N5O4/c1-7-16-10-36-20(28(40)41-12(2)3)11-37-26-22-21(13(4)14(5)38-26)23(31)24(39-27(22)42-15(16)6)18-8-17(35)9-19(30)25(18)43-29(32,33)34/h8-9,12,15-16,20,36H,7,10-11,35H2,1-6H3,(H,37,38). The molecule has 0 fully saturated rings. The quantitative estimate of drug-likeness (QED) is 0.187. The molecule has 1 aliphatic heterocycles. The molecule has 1 aromatic carbocycles. The first-order valence-corrected chi connectivity index (χ1v) is 13.8. The number of pyridine rings is 2. The zero-order valence-electron chi connectivity index (χ0n) is 24.6. The van der Waals surface area contributed by atoms with E-state index in [9.17, 15) is 22.4 Å². The van der Waals surface area contributed by atoms with Crippen molar-refractivity contribution in [2.75, 3.05) is 24.1 Å². The average molecular weight is 612 g/mol. The fraction of sp³-hybridized carbons (Fsp3) is 0.483. The third kappa shape index (κ3) is 6.84. The summed E-state index contributed by atoms with van der Waals surface area (Å²) in [4.78, 5) is 21.8. The molecule has 0 aliphatic carbocycles. The number of ether oxygens (including phenoxy) is 3. The number of carbonyl (C=O) groups excluding carboxylic acids is 1. The molecule has 3 unspecified atom stereocenters. The van der Waals surface area contributed by atoms with Crippen LogP contribution in [0.25, 0.3) is 22.0 Å². The van der Waals surface area contributed by atoms with Gasteiger partial charge in [-0.25, -0.2) is 18.7 Å². The van der Waals surface area contributed by atoms with Crippen LogP contribution in [0.15, 0.2) is 12.1 Å². The van der Waals surface area contributed by atoms with E-state index < -0.39 is 53.1 Å². The van der Waals surface area contributed by atoms with Gasteiger partial charge in [-0.3, -0.25) is 4.79 Å². The highest BCUT2D eigenvalue weighted by Gasteiger charge is 2.36. The number of hydrogen-bond acceptors (Lipinski definition) is 9. The molecule has 9 nitrogen and oxygen atoms in total. The van der Waals surface area contributed by atoms with Gasteiger partial charge in [-0.05, 0) is 52.7 Å². The van der Waals surface area contributed by atoms with E-state index in [1.807, 2.05) is 6.92 Å². The normalized spacial score (nSPS) is 19.4. The highest BCUT2D eigenvalue weighted by atomic mass is 19.4. The molecule has 4 rings (SSSR count). The first-order valence-electron chi connectivity index (χ1n) is 13.8. The van der Waals surface area contributed by atoms with Crippen LogP contribution in [-0.4, -0.2) is 53.6 Å². The van der Waals surface area contributed by atoms with Crippen molar-refractivity contribution in [3.8, 4) is 22.9 Å². The molecule has 0 spiro atoms. The Morgan fingerprint density at radius 3 is 2.49 bits per heavy atom. The summed E-state index contributed by atoms with van der Waals surface area (Å²) in [5.41, 5.74) is 4.91. The maximum atomic E-state index is 16.5. The summed E-state index contributed by atoms with van der Waals surface area (Å²) in [6.07, 6.45) is -5.62. The molecule has 0 saturated heterocycles. The number of hydrogen-bond donors (Lipinski definition) is 3. The van der Waals surface area contributed by atoms with Crippen LogP contribution in [0.5, 0.6) is 11.6 Å². The maximum Gasteiger partial charge on any atom is 0.573 e. The molecular formula is C29H34F5N5O4. The number of aryl methyl sites for hydroxylation is 2. The molecular weight excluding hydrogens is 577 g/mol. The number of anilines is 2. The number of benzene rings is 1. The van der Waals surface area contributed by atoms with E-state index in [0.717, 1.165) is 6.07 Å². The number of halogens is 5. The van der Waals surface area contributed by atoms with Crippen molar-refractivity contribution in [2.45, 2.75) is 72.6 Å². The topological polar surface area (TPSA) is 121 Å². The number of esters is 1. The Hall–Kier alpha value is -3.94. The van der Waals surface area contributed by atoms with Crippen molar-refractivity contribution in [1.82, 2.24) is 15.3 Å². The zero-order chi connectivity index (χ0) is 31.8. The highest BCUT2D eigenvalue weighted by Crippen LogP contribution is 2.44. The molecule has 0 amide bonds. The van der Waals surface area contributed by atoms with Crippen LogP contribution in [0.4, 0.5) is 33.5 Å². The van der Waals surface area contributed by atoms with Crippen LogP contribution < -0.4 is 25.8 Å². The number of nitrogens with two attached hydrogens (primary N) is 1. The van der Waals surface area contributed by atoms with Crippen molar-refractivity contribution in [3.63, 3.8) is 0 Å². The lowest BCUT2D eigenvalue weighted by atomic mass is 9.99. The number of alkyl halides is 3. The van der Waals surface area contributed by atoms with Gasteiger partial charge in [0.2, 0.25) is 5.88 Å². The molecule has 14 heteroatoms. The lowest BCUT2D eigenvalue weighted by Gasteiger charge is -2.26. The molecule has 2 aromatic heterocycles. The van der Waals surface area contributed by atoms with E-state index in [-0.39, 0.29) is 46.7 Å². The second kappa shape index (κ2) is 12.3. The maximum absolute atomic E-state index is 16.5. The largest absolute Gasteiger partial charge is 0.573 e. The predicted molar refractivity (Wildman–Crippen MR) is 151 cm³/mol. The van der Waals surface area contributed by atoms with Gasteiger partial charge in [0, 0.05) is 41.8 Å². The van der Waals surface area contributed by atoms with E-state index in [4.69, 9.17) is 15.2 Å². The summed E-state index contributed by atoms with van der Waals surface area (Å²) in [7, 11) is 0. The number of nitrogens with one attached hydrogen (secondary N) is 2. The number of aromatic nitrogens is 2. The Morgan fingerprint density at radius 1 is 1.16 bits per heavy atom. The predicted octanol–water partition coefficient (Wildman–Crippen LogP) is 5.80. The van der Waals surface area contributed by atoms with Gasteiger partial charge in [-0.2, -0.15) is 0 Å². The van der Waals surface area contributed by atoms with Crippen molar-refractivity contribution < 1.29 is 41.0 Å². The van der Waals surface area contributed by atoms with E-state index in [0.29, 0.717) is 30.3 Å².